The lowest BCUT2D eigenvalue weighted by Gasteiger charge is -2.11. The summed E-state index contributed by atoms with van der Waals surface area (Å²) in [6, 6.07) is 46.0. The molecule has 0 unspecified atom stereocenters. The first-order valence-electron chi connectivity index (χ1n) is 14.7. The highest BCUT2D eigenvalue weighted by atomic mass is 16.3. The van der Waals surface area contributed by atoms with Gasteiger partial charge in [-0.25, -0.2) is 4.98 Å². The van der Waals surface area contributed by atoms with E-state index in [2.05, 4.69) is 77.4 Å². The van der Waals surface area contributed by atoms with Gasteiger partial charge in [0.2, 0.25) is 5.95 Å². The van der Waals surface area contributed by atoms with E-state index in [4.69, 9.17) is 19.4 Å². The van der Waals surface area contributed by atoms with Crippen LogP contribution in [0.5, 0.6) is 0 Å². The Morgan fingerprint density at radius 2 is 0.932 bits per heavy atom. The average molecular weight is 563 g/mol. The number of hydrogen-bond acceptors (Lipinski definition) is 4. The van der Waals surface area contributed by atoms with Crippen molar-refractivity contribution in [2.75, 3.05) is 0 Å². The highest BCUT2D eigenvalue weighted by Gasteiger charge is 2.24. The predicted octanol–water partition coefficient (Wildman–Crippen LogP) is 9.95. The van der Waals surface area contributed by atoms with Crippen molar-refractivity contribution in [1.82, 2.24) is 19.5 Å². The van der Waals surface area contributed by atoms with Crippen molar-refractivity contribution < 1.29 is 4.42 Å². The van der Waals surface area contributed by atoms with E-state index in [-0.39, 0.29) is 0 Å². The van der Waals surface area contributed by atoms with E-state index in [1.807, 2.05) is 60.7 Å². The third kappa shape index (κ3) is 3.15. The van der Waals surface area contributed by atoms with E-state index in [0.717, 1.165) is 49.5 Å². The zero-order valence-corrected chi connectivity index (χ0v) is 23.4. The van der Waals surface area contributed by atoms with Crippen LogP contribution in [0.1, 0.15) is 0 Å². The highest BCUT2D eigenvalue weighted by Crippen LogP contribution is 2.46. The average Bonchev–Trinajstić information content (AvgIpc) is 3.64. The SMILES string of the molecule is c1ccc(-c2nc(-c3ccccc3)nc(-n3c4cccc5c6ccccc6c6cccc7oc8ccc3c(c8c76)c54)n2)cc1. The van der Waals surface area contributed by atoms with Crippen LogP contribution in [0.2, 0.25) is 0 Å². The van der Waals surface area contributed by atoms with Crippen LogP contribution in [0.15, 0.2) is 138 Å². The minimum Gasteiger partial charge on any atom is -0.456 e. The van der Waals surface area contributed by atoms with Gasteiger partial charge in [0.1, 0.15) is 11.2 Å². The minimum atomic E-state index is 0.578. The zero-order chi connectivity index (χ0) is 28.8. The summed E-state index contributed by atoms with van der Waals surface area (Å²) in [4.78, 5) is 15.2. The molecule has 0 aliphatic heterocycles. The molecule has 10 aromatic rings. The van der Waals surface area contributed by atoms with Gasteiger partial charge in [0.05, 0.1) is 11.0 Å². The monoisotopic (exact) mass is 562 g/mol. The number of fused-ring (bicyclic) bond motifs is 3. The molecule has 0 aliphatic rings. The van der Waals surface area contributed by atoms with Crippen LogP contribution >= 0.6 is 0 Å². The molecule has 10 rings (SSSR count). The van der Waals surface area contributed by atoms with Crippen LogP contribution < -0.4 is 0 Å². The quantitative estimate of drug-likeness (QED) is 0.215. The van der Waals surface area contributed by atoms with Gasteiger partial charge in [-0.05, 0) is 45.8 Å². The van der Waals surface area contributed by atoms with E-state index in [9.17, 15) is 0 Å². The summed E-state index contributed by atoms with van der Waals surface area (Å²) in [5.41, 5.74) is 5.71. The lowest BCUT2D eigenvalue weighted by Crippen LogP contribution is -2.06. The fourth-order valence-electron chi connectivity index (χ4n) is 6.97. The van der Waals surface area contributed by atoms with Crippen LogP contribution in [-0.4, -0.2) is 19.5 Å². The molecule has 0 bridgehead atoms. The molecule has 0 saturated carbocycles. The van der Waals surface area contributed by atoms with Crippen LogP contribution in [0.25, 0.3) is 94.0 Å². The molecule has 44 heavy (non-hydrogen) atoms. The second-order valence-electron chi connectivity index (χ2n) is 11.2. The molecule has 0 amide bonds. The smallest absolute Gasteiger partial charge is 0.238 e. The summed E-state index contributed by atoms with van der Waals surface area (Å²) in [6.07, 6.45) is 0. The Labute approximate surface area is 251 Å². The summed E-state index contributed by atoms with van der Waals surface area (Å²) in [5.74, 6) is 1.84. The first-order chi connectivity index (χ1) is 21.8. The molecule has 0 radical (unpaired) electrons. The Bertz CT molecular complexity index is 2650. The molecule has 204 valence electrons. The van der Waals surface area contributed by atoms with E-state index >= 15 is 0 Å². The van der Waals surface area contributed by atoms with Crippen LogP contribution in [-0.2, 0) is 0 Å². The van der Waals surface area contributed by atoms with Gasteiger partial charge in [0, 0.05) is 32.7 Å². The van der Waals surface area contributed by atoms with Crippen LogP contribution in [0, 0.1) is 0 Å². The number of benzene rings is 6. The molecule has 0 N–H and O–H groups in total. The Morgan fingerprint density at radius 3 is 1.61 bits per heavy atom. The largest absolute Gasteiger partial charge is 0.456 e. The fourth-order valence-corrected chi connectivity index (χ4v) is 6.97. The van der Waals surface area contributed by atoms with Crippen molar-refractivity contribution in [2.24, 2.45) is 0 Å². The van der Waals surface area contributed by atoms with E-state index in [0.29, 0.717) is 17.6 Å². The highest BCUT2D eigenvalue weighted by molar-refractivity contribution is 6.38. The van der Waals surface area contributed by atoms with Crippen LogP contribution in [0.4, 0.5) is 0 Å². The Morgan fingerprint density at radius 1 is 0.386 bits per heavy atom. The molecule has 0 saturated heterocycles. The van der Waals surface area contributed by atoms with Crippen molar-refractivity contribution in [3.63, 3.8) is 0 Å². The fraction of sp³-hybridized carbons (Fsp3) is 0. The minimum absolute atomic E-state index is 0.578. The van der Waals surface area contributed by atoms with E-state index in [1.54, 1.807) is 0 Å². The standard InChI is InChI=1S/C39H22N4O/c1-3-11-23(12-4-1)37-40-38(24-13-5-2-6-14-24)42-39(41-37)43-29-19-9-17-27-25-15-7-8-16-26(25)28-18-10-20-31-34(28)36-32(44-31)22-21-30(43)35(36)33(27)29/h1-22H. The Balaban J connectivity index is 1.43. The lowest BCUT2D eigenvalue weighted by molar-refractivity contribution is 0.669. The molecule has 3 aromatic heterocycles. The summed E-state index contributed by atoms with van der Waals surface area (Å²) in [7, 11) is 0. The third-order valence-corrected chi connectivity index (χ3v) is 8.81. The van der Waals surface area contributed by atoms with Crippen molar-refractivity contribution >= 4 is 65.3 Å². The molecule has 0 spiro atoms. The van der Waals surface area contributed by atoms with E-state index in [1.165, 1.54) is 26.9 Å². The van der Waals surface area contributed by atoms with Gasteiger partial charge < -0.3 is 4.42 Å². The Hall–Kier alpha value is -6.07. The number of hydrogen-bond donors (Lipinski definition) is 0. The number of furan rings is 1. The van der Waals surface area contributed by atoms with Crippen molar-refractivity contribution in [1.29, 1.82) is 0 Å². The maximum Gasteiger partial charge on any atom is 0.238 e. The molecule has 5 heteroatoms. The number of nitrogens with zero attached hydrogens (tertiary/aromatic N) is 4. The zero-order valence-electron chi connectivity index (χ0n) is 23.4. The van der Waals surface area contributed by atoms with Crippen molar-refractivity contribution in [3.8, 4) is 28.7 Å². The topological polar surface area (TPSA) is 56.7 Å². The molecule has 7 aromatic carbocycles. The van der Waals surface area contributed by atoms with Crippen molar-refractivity contribution in [3.05, 3.63) is 133 Å². The van der Waals surface area contributed by atoms with Gasteiger partial charge >= 0.3 is 0 Å². The molecule has 0 fully saturated rings. The first-order valence-corrected chi connectivity index (χ1v) is 14.7. The van der Waals surface area contributed by atoms with Gasteiger partial charge in [-0.3, -0.25) is 4.57 Å². The van der Waals surface area contributed by atoms with Crippen LogP contribution in [0.3, 0.4) is 0 Å². The second kappa shape index (κ2) is 8.72. The summed E-state index contributed by atoms with van der Waals surface area (Å²) < 4.78 is 8.71. The molecule has 5 nitrogen and oxygen atoms in total. The van der Waals surface area contributed by atoms with Gasteiger partial charge in [-0.15, -0.1) is 0 Å². The summed E-state index contributed by atoms with van der Waals surface area (Å²) in [6.45, 7) is 0. The van der Waals surface area contributed by atoms with Gasteiger partial charge in [-0.2, -0.15) is 9.97 Å². The van der Waals surface area contributed by atoms with Crippen molar-refractivity contribution in [2.45, 2.75) is 0 Å². The molecular weight excluding hydrogens is 540 g/mol. The lowest BCUT2D eigenvalue weighted by atomic mass is 9.95. The van der Waals surface area contributed by atoms with Gasteiger partial charge in [0.15, 0.2) is 11.6 Å². The normalized spacial score (nSPS) is 12.1. The molecule has 3 heterocycles. The third-order valence-electron chi connectivity index (χ3n) is 8.81. The summed E-state index contributed by atoms with van der Waals surface area (Å²) >= 11 is 0. The van der Waals surface area contributed by atoms with E-state index < -0.39 is 0 Å². The first kappa shape index (κ1) is 23.5. The molecular formula is C39H22N4O. The number of rotatable bonds is 3. The maximum absolute atomic E-state index is 6.51. The predicted molar refractivity (Wildman–Crippen MR) is 179 cm³/mol. The number of aromatic nitrogens is 4. The van der Waals surface area contributed by atoms with Gasteiger partial charge in [-0.1, -0.05) is 109 Å². The van der Waals surface area contributed by atoms with Gasteiger partial charge in [0.25, 0.3) is 0 Å². The molecule has 0 atom stereocenters. The second-order valence-corrected chi connectivity index (χ2v) is 11.2. The maximum atomic E-state index is 6.51. The molecule has 0 aliphatic carbocycles. The Kier molecular flexibility index (Phi) is 4.66. The summed E-state index contributed by atoms with van der Waals surface area (Å²) in [5, 5.41) is 9.33.